The Morgan fingerprint density at radius 2 is 2.18 bits per heavy atom. The molecule has 1 amide bonds. The summed E-state index contributed by atoms with van der Waals surface area (Å²) in [5.41, 5.74) is 0.936. The van der Waals surface area contributed by atoms with Gasteiger partial charge in [-0.05, 0) is 31.5 Å². The second kappa shape index (κ2) is 6.74. The van der Waals surface area contributed by atoms with Gasteiger partial charge in [-0.15, -0.1) is 0 Å². The van der Waals surface area contributed by atoms with Gasteiger partial charge in [0.25, 0.3) is 5.91 Å². The number of rotatable bonds is 5. The van der Waals surface area contributed by atoms with Gasteiger partial charge in [0, 0.05) is 12.2 Å². The van der Waals surface area contributed by atoms with Crippen molar-refractivity contribution in [1.82, 2.24) is 5.32 Å². The molecule has 1 aliphatic heterocycles. The second-order valence-corrected chi connectivity index (χ2v) is 6.69. The number of nitrogens with two attached hydrogens (primary N) is 1. The van der Waals surface area contributed by atoms with Crippen LogP contribution in [-0.2, 0) is 19.5 Å². The molecule has 3 N–H and O–H groups in total. The van der Waals surface area contributed by atoms with Crippen molar-refractivity contribution in [2.24, 2.45) is 5.14 Å². The first kappa shape index (κ1) is 16.9. The predicted molar refractivity (Wildman–Crippen MR) is 80.0 cm³/mol. The molecule has 2 atom stereocenters. The third kappa shape index (κ3) is 3.83. The van der Waals surface area contributed by atoms with E-state index in [1.165, 1.54) is 12.1 Å². The van der Waals surface area contributed by atoms with Crippen LogP contribution in [0.1, 0.15) is 22.8 Å². The van der Waals surface area contributed by atoms with E-state index in [4.69, 9.17) is 14.6 Å². The number of benzene rings is 1. The Morgan fingerprint density at radius 1 is 1.45 bits per heavy atom. The van der Waals surface area contributed by atoms with Crippen LogP contribution >= 0.6 is 0 Å². The van der Waals surface area contributed by atoms with E-state index < -0.39 is 10.0 Å². The molecule has 1 saturated heterocycles. The van der Waals surface area contributed by atoms with Crippen LogP contribution in [0.4, 0.5) is 0 Å². The van der Waals surface area contributed by atoms with Crippen molar-refractivity contribution in [2.45, 2.75) is 30.9 Å². The molecule has 0 aliphatic carbocycles. The molecular formula is C14H20N2O5S. The lowest BCUT2D eigenvalue weighted by Crippen LogP contribution is -2.44. The summed E-state index contributed by atoms with van der Waals surface area (Å²) in [4.78, 5) is 12.3. The van der Waals surface area contributed by atoms with Gasteiger partial charge in [0.1, 0.15) is 6.10 Å². The highest BCUT2D eigenvalue weighted by molar-refractivity contribution is 7.89. The van der Waals surface area contributed by atoms with Crippen LogP contribution in [0.2, 0.25) is 0 Å². The van der Waals surface area contributed by atoms with E-state index >= 15 is 0 Å². The molecular weight excluding hydrogens is 308 g/mol. The maximum atomic E-state index is 12.4. The zero-order chi connectivity index (χ0) is 16.3. The standard InChI is InChI=1S/C14H20N2O5S/c1-3-21-13-8-20-7-12(13)16-14(17)11-6-10(22(15,18)19)5-4-9(11)2/h4-6,12-13H,3,7-8H2,1-2H3,(H,16,17)(H2,15,18,19)/t12-,13-/m0/s1. The molecule has 0 bridgehead atoms. The van der Waals surface area contributed by atoms with Gasteiger partial charge in [0.05, 0.1) is 24.2 Å². The average molecular weight is 328 g/mol. The Morgan fingerprint density at radius 3 is 2.82 bits per heavy atom. The number of nitrogens with one attached hydrogen (secondary N) is 1. The molecule has 1 heterocycles. The van der Waals surface area contributed by atoms with Crippen molar-refractivity contribution in [3.8, 4) is 0 Å². The molecule has 7 nitrogen and oxygen atoms in total. The number of hydrogen-bond acceptors (Lipinski definition) is 5. The second-order valence-electron chi connectivity index (χ2n) is 5.13. The van der Waals surface area contributed by atoms with Crippen molar-refractivity contribution in [2.75, 3.05) is 19.8 Å². The number of aryl methyl sites for hydroxylation is 1. The predicted octanol–water partition coefficient (Wildman–Crippen LogP) is 0.176. The summed E-state index contributed by atoms with van der Waals surface area (Å²) in [6, 6.07) is 3.96. The van der Waals surface area contributed by atoms with Crippen LogP contribution in [0.5, 0.6) is 0 Å². The fourth-order valence-corrected chi connectivity index (χ4v) is 2.86. The molecule has 0 aromatic heterocycles. The topological polar surface area (TPSA) is 108 Å². The normalized spacial score (nSPS) is 21.8. The first-order valence-corrected chi connectivity index (χ1v) is 8.51. The lowest BCUT2D eigenvalue weighted by atomic mass is 10.1. The Bertz CT molecular complexity index is 659. The molecule has 1 fully saturated rings. The zero-order valence-electron chi connectivity index (χ0n) is 12.5. The van der Waals surface area contributed by atoms with Gasteiger partial charge in [0.15, 0.2) is 0 Å². The SMILES string of the molecule is CCO[C@H]1COC[C@@H]1NC(=O)c1cc(S(N)(=O)=O)ccc1C. The van der Waals surface area contributed by atoms with Gasteiger partial charge in [-0.1, -0.05) is 6.07 Å². The van der Waals surface area contributed by atoms with Crippen LogP contribution in [0, 0.1) is 6.92 Å². The maximum Gasteiger partial charge on any atom is 0.251 e. The highest BCUT2D eigenvalue weighted by Crippen LogP contribution is 2.16. The van der Waals surface area contributed by atoms with Crippen molar-refractivity contribution >= 4 is 15.9 Å². The largest absolute Gasteiger partial charge is 0.376 e. The van der Waals surface area contributed by atoms with E-state index in [1.54, 1.807) is 13.0 Å². The third-order valence-corrected chi connectivity index (χ3v) is 4.42. The van der Waals surface area contributed by atoms with E-state index in [0.717, 1.165) is 0 Å². The monoisotopic (exact) mass is 328 g/mol. The summed E-state index contributed by atoms with van der Waals surface area (Å²) in [7, 11) is -3.85. The molecule has 8 heteroatoms. The molecule has 1 aromatic rings. The lowest BCUT2D eigenvalue weighted by molar-refractivity contribution is 0.0402. The first-order valence-electron chi connectivity index (χ1n) is 6.96. The molecule has 0 radical (unpaired) electrons. The number of sulfonamides is 1. The fourth-order valence-electron chi connectivity index (χ4n) is 2.32. The number of primary sulfonamides is 1. The van der Waals surface area contributed by atoms with Crippen LogP contribution in [0.25, 0.3) is 0 Å². The number of amides is 1. The molecule has 22 heavy (non-hydrogen) atoms. The minimum Gasteiger partial charge on any atom is -0.376 e. The smallest absolute Gasteiger partial charge is 0.251 e. The highest BCUT2D eigenvalue weighted by Gasteiger charge is 2.30. The Labute approximate surface area is 129 Å². The van der Waals surface area contributed by atoms with Gasteiger partial charge in [-0.2, -0.15) is 0 Å². The van der Waals surface area contributed by atoms with Crippen LogP contribution < -0.4 is 10.5 Å². The Balaban J connectivity index is 2.19. The van der Waals surface area contributed by atoms with Gasteiger partial charge in [0.2, 0.25) is 10.0 Å². The van der Waals surface area contributed by atoms with Crippen LogP contribution in [0.15, 0.2) is 23.1 Å². The zero-order valence-corrected chi connectivity index (χ0v) is 13.4. The molecule has 2 rings (SSSR count). The summed E-state index contributed by atoms with van der Waals surface area (Å²) < 4.78 is 33.6. The number of carbonyl (C=O) groups is 1. The maximum absolute atomic E-state index is 12.4. The summed E-state index contributed by atoms with van der Waals surface area (Å²) >= 11 is 0. The van der Waals surface area contributed by atoms with Crippen molar-refractivity contribution in [3.63, 3.8) is 0 Å². The van der Waals surface area contributed by atoms with E-state index in [-0.39, 0.29) is 28.5 Å². The number of hydrogen-bond donors (Lipinski definition) is 2. The Hall–Kier alpha value is -1.48. The molecule has 1 aromatic carbocycles. The molecule has 0 saturated carbocycles. The van der Waals surface area contributed by atoms with Crippen molar-refractivity contribution in [3.05, 3.63) is 29.3 Å². The van der Waals surface area contributed by atoms with Gasteiger partial charge >= 0.3 is 0 Å². The number of ether oxygens (including phenoxy) is 2. The quantitative estimate of drug-likeness (QED) is 0.801. The van der Waals surface area contributed by atoms with Gasteiger partial charge < -0.3 is 14.8 Å². The molecule has 122 valence electrons. The van der Waals surface area contributed by atoms with Crippen molar-refractivity contribution in [1.29, 1.82) is 0 Å². The van der Waals surface area contributed by atoms with Crippen LogP contribution in [0.3, 0.4) is 0 Å². The summed E-state index contributed by atoms with van der Waals surface area (Å²) in [6.45, 7) is 4.92. The number of carbonyl (C=O) groups excluding carboxylic acids is 1. The molecule has 1 aliphatic rings. The van der Waals surface area contributed by atoms with Gasteiger partial charge in [-0.25, -0.2) is 13.6 Å². The first-order chi connectivity index (χ1) is 10.3. The minimum absolute atomic E-state index is 0.0905. The Kier molecular flexibility index (Phi) is 5.17. The van der Waals surface area contributed by atoms with E-state index in [9.17, 15) is 13.2 Å². The summed E-state index contributed by atoms with van der Waals surface area (Å²) in [5, 5.41) is 7.93. The van der Waals surface area contributed by atoms with E-state index in [1.807, 2.05) is 6.92 Å². The van der Waals surface area contributed by atoms with E-state index in [2.05, 4.69) is 5.32 Å². The third-order valence-electron chi connectivity index (χ3n) is 3.51. The fraction of sp³-hybridized carbons (Fsp3) is 0.500. The van der Waals surface area contributed by atoms with E-state index in [0.29, 0.717) is 25.4 Å². The average Bonchev–Trinajstić information content (AvgIpc) is 2.85. The molecule has 0 unspecified atom stereocenters. The lowest BCUT2D eigenvalue weighted by Gasteiger charge is -2.19. The van der Waals surface area contributed by atoms with Gasteiger partial charge in [-0.3, -0.25) is 4.79 Å². The summed E-state index contributed by atoms with van der Waals surface area (Å²) in [6.07, 6.45) is -0.198. The van der Waals surface area contributed by atoms with Crippen LogP contribution in [-0.4, -0.2) is 46.3 Å². The summed E-state index contributed by atoms with van der Waals surface area (Å²) in [5.74, 6) is -0.372. The molecule has 0 spiro atoms. The highest BCUT2D eigenvalue weighted by atomic mass is 32.2. The minimum atomic E-state index is -3.85. The van der Waals surface area contributed by atoms with Crippen molar-refractivity contribution < 1.29 is 22.7 Å².